The number of aryl methyl sites for hydroxylation is 1. The number of nitrogen functional groups attached to an aromatic ring is 1. The topological polar surface area (TPSA) is 64.1 Å². The minimum absolute atomic E-state index is 0.153. The molecule has 0 spiro atoms. The van der Waals surface area contributed by atoms with Crippen molar-refractivity contribution in [1.82, 2.24) is 9.55 Å². The van der Waals surface area contributed by atoms with Crippen LogP contribution in [0.2, 0.25) is 0 Å². The zero-order valence-corrected chi connectivity index (χ0v) is 12.8. The zero-order chi connectivity index (χ0) is 15.7. The number of rotatable bonds is 5. The van der Waals surface area contributed by atoms with E-state index in [1.807, 2.05) is 18.3 Å². The van der Waals surface area contributed by atoms with E-state index in [1.165, 1.54) is 5.56 Å². The molecule has 3 rings (SSSR count). The molecule has 0 amide bonds. The zero-order valence-electron chi connectivity index (χ0n) is 12.8. The van der Waals surface area contributed by atoms with Crippen LogP contribution < -0.4 is 5.73 Å². The molecule has 0 radical (unpaired) electrons. The molecule has 0 fully saturated rings. The predicted octanol–water partition coefficient (Wildman–Crippen LogP) is 4.01. The minimum Gasteiger partial charge on any atom is -0.494 e. The second kappa shape index (κ2) is 5.72. The molecule has 22 heavy (non-hydrogen) atoms. The summed E-state index contributed by atoms with van der Waals surface area (Å²) in [7, 11) is 0. The van der Waals surface area contributed by atoms with E-state index in [2.05, 4.69) is 19.6 Å². The second-order valence-electron chi connectivity index (χ2n) is 5.60. The number of nitrogens with zero attached hydrogens (tertiary/aromatic N) is 2. The maximum absolute atomic E-state index is 10.4. The van der Waals surface area contributed by atoms with Crippen LogP contribution >= 0.6 is 0 Å². The Morgan fingerprint density at radius 3 is 2.95 bits per heavy atom. The van der Waals surface area contributed by atoms with Crippen molar-refractivity contribution < 1.29 is 5.11 Å². The fourth-order valence-electron chi connectivity index (χ4n) is 2.92. The average molecular weight is 295 g/mol. The lowest BCUT2D eigenvalue weighted by molar-refractivity contribution is 0.432. The summed E-state index contributed by atoms with van der Waals surface area (Å²) in [5.41, 5.74) is 9.80. The smallest absolute Gasteiger partial charge is 0.203 e. The van der Waals surface area contributed by atoms with Gasteiger partial charge in [0.05, 0.1) is 22.1 Å². The van der Waals surface area contributed by atoms with E-state index >= 15 is 0 Å². The van der Waals surface area contributed by atoms with Crippen molar-refractivity contribution in [3.63, 3.8) is 0 Å². The van der Waals surface area contributed by atoms with Gasteiger partial charge in [-0.15, -0.1) is 6.58 Å². The molecular formula is C18H21N3O. The number of fused-ring (bicyclic) bond motifs is 2. The quantitative estimate of drug-likeness (QED) is 0.699. The van der Waals surface area contributed by atoms with Crippen LogP contribution in [0, 0.1) is 0 Å². The van der Waals surface area contributed by atoms with Crippen molar-refractivity contribution in [1.29, 1.82) is 0 Å². The number of pyridine rings is 1. The van der Waals surface area contributed by atoms with Gasteiger partial charge in [-0.1, -0.05) is 37.6 Å². The molecule has 3 N–H and O–H groups in total. The summed E-state index contributed by atoms with van der Waals surface area (Å²) < 4.78 is 1.71. The highest BCUT2D eigenvalue weighted by molar-refractivity contribution is 6.09. The molecule has 0 saturated carbocycles. The van der Waals surface area contributed by atoms with E-state index < -0.39 is 0 Å². The molecule has 0 saturated heterocycles. The molecule has 0 aliphatic carbocycles. The molecule has 0 unspecified atom stereocenters. The van der Waals surface area contributed by atoms with Gasteiger partial charge in [0.2, 0.25) is 5.88 Å². The van der Waals surface area contributed by atoms with Crippen molar-refractivity contribution in [2.45, 2.75) is 32.7 Å². The number of unbranched alkanes of at least 4 members (excludes halogenated alkanes) is 1. The molecular weight excluding hydrogens is 274 g/mol. The Morgan fingerprint density at radius 1 is 1.41 bits per heavy atom. The summed E-state index contributed by atoms with van der Waals surface area (Å²) in [6.07, 6.45) is 6.83. The molecule has 0 bridgehead atoms. The molecule has 4 nitrogen and oxygen atoms in total. The number of hydrogen-bond acceptors (Lipinski definition) is 3. The fraction of sp³-hybridized carbons (Fsp3) is 0.278. The summed E-state index contributed by atoms with van der Waals surface area (Å²) in [4.78, 5) is 4.76. The Morgan fingerprint density at radius 2 is 2.23 bits per heavy atom. The Labute approximate surface area is 129 Å². The first kappa shape index (κ1) is 14.4. The normalized spacial score (nSPS) is 11.3. The van der Waals surface area contributed by atoms with E-state index in [9.17, 15) is 5.11 Å². The molecule has 0 atom stereocenters. The van der Waals surface area contributed by atoms with E-state index in [4.69, 9.17) is 10.7 Å². The predicted molar refractivity (Wildman–Crippen MR) is 92.1 cm³/mol. The molecule has 3 aromatic rings. The van der Waals surface area contributed by atoms with Crippen LogP contribution in [-0.4, -0.2) is 14.7 Å². The molecule has 2 heterocycles. The van der Waals surface area contributed by atoms with Gasteiger partial charge in [0.1, 0.15) is 0 Å². The van der Waals surface area contributed by atoms with E-state index in [0.717, 1.165) is 35.7 Å². The molecule has 1 aromatic carbocycles. The van der Waals surface area contributed by atoms with Crippen LogP contribution in [0.25, 0.3) is 21.8 Å². The summed E-state index contributed by atoms with van der Waals surface area (Å²) >= 11 is 0. The number of nitrogens with two attached hydrogens (primary N) is 1. The Kier molecular flexibility index (Phi) is 3.75. The van der Waals surface area contributed by atoms with Gasteiger partial charge in [-0.3, -0.25) is 0 Å². The van der Waals surface area contributed by atoms with Crippen molar-refractivity contribution in [3.05, 3.63) is 42.6 Å². The minimum atomic E-state index is 0.153. The Balaban J connectivity index is 2.29. The summed E-state index contributed by atoms with van der Waals surface area (Å²) in [6.45, 7) is 6.42. The average Bonchev–Trinajstić information content (AvgIpc) is 2.82. The third-order valence-electron chi connectivity index (χ3n) is 4.07. The highest BCUT2D eigenvalue weighted by Crippen LogP contribution is 2.36. The molecule has 0 aliphatic rings. The number of hydrogen-bond donors (Lipinski definition) is 2. The molecule has 4 heteroatoms. The molecule has 2 aromatic heterocycles. The second-order valence-corrected chi connectivity index (χ2v) is 5.60. The van der Waals surface area contributed by atoms with Crippen LogP contribution in [0.3, 0.4) is 0 Å². The highest BCUT2D eigenvalue weighted by Gasteiger charge is 2.16. The summed E-state index contributed by atoms with van der Waals surface area (Å²) in [5, 5.41) is 11.9. The molecule has 0 aliphatic heterocycles. The number of aromatic nitrogens is 2. The lowest BCUT2D eigenvalue weighted by Crippen LogP contribution is -1.95. The van der Waals surface area contributed by atoms with Gasteiger partial charge >= 0.3 is 0 Å². The Bertz CT molecular complexity index is 849. The van der Waals surface area contributed by atoms with Gasteiger partial charge in [-0.05, 0) is 18.4 Å². The van der Waals surface area contributed by atoms with Crippen LogP contribution in [-0.2, 0) is 13.0 Å². The van der Waals surface area contributed by atoms with Crippen LogP contribution in [0.1, 0.15) is 25.3 Å². The van der Waals surface area contributed by atoms with Crippen molar-refractivity contribution in [2.75, 3.05) is 5.73 Å². The number of anilines is 1. The maximum atomic E-state index is 10.4. The van der Waals surface area contributed by atoms with Gasteiger partial charge < -0.3 is 15.4 Å². The number of benzene rings is 1. The number of para-hydroxylation sites is 1. The van der Waals surface area contributed by atoms with Crippen molar-refractivity contribution >= 4 is 27.5 Å². The van der Waals surface area contributed by atoms with Gasteiger partial charge in [-0.2, -0.15) is 0 Å². The number of aromatic hydroxyl groups is 1. The first-order chi connectivity index (χ1) is 10.7. The van der Waals surface area contributed by atoms with E-state index in [-0.39, 0.29) is 5.88 Å². The third-order valence-corrected chi connectivity index (χ3v) is 4.07. The van der Waals surface area contributed by atoms with Crippen LogP contribution in [0.15, 0.2) is 37.1 Å². The first-order valence-electron chi connectivity index (χ1n) is 7.67. The number of allylic oxidation sites excluding steroid dienone is 1. The summed E-state index contributed by atoms with van der Waals surface area (Å²) in [6, 6.07) is 6.09. The SMILES string of the molecule is C=CCn1cc2nc3c(CCCC)cccc3c(N)c2c1O. The largest absolute Gasteiger partial charge is 0.494 e. The lowest BCUT2D eigenvalue weighted by atomic mass is 10.0. The highest BCUT2D eigenvalue weighted by atomic mass is 16.3. The monoisotopic (exact) mass is 295 g/mol. The lowest BCUT2D eigenvalue weighted by Gasteiger charge is -2.08. The Hall–Kier alpha value is -2.49. The van der Waals surface area contributed by atoms with Crippen molar-refractivity contribution in [3.8, 4) is 5.88 Å². The summed E-state index contributed by atoms with van der Waals surface area (Å²) in [5.74, 6) is 0.153. The van der Waals surface area contributed by atoms with Crippen LogP contribution in [0.4, 0.5) is 5.69 Å². The fourth-order valence-corrected chi connectivity index (χ4v) is 2.92. The van der Waals surface area contributed by atoms with E-state index in [0.29, 0.717) is 17.6 Å². The van der Waals surface area contributed by atoms with Gasteiger partial charge in [0.15, 0.2) is 0 Å². The van der Waals surface area contributed by atoms with Gasteiger partial charge in [0, 0.05) is 18.1 Å². The maximum Gasteiger partial charge on any atom is 0.203 e. The standard InChI is InChI=1S/C18H21N3O/c1-3-5-7-12-8-6-9-13-16(19)15-14(20-17(12)13)11-21(10-4-2)18(15)22/h4,6,8-9,11,22H,2-3,5,7,10,19H2,1H3. The van der Waals surface area contributed by atoms with Crippen molar-refractivity contribution in [2.24, 2.45) is 0 Å². The third kappa shape index (κ3) is 2.21. The van der Waals surface area contributed by atoms with Gasteiger partial charge in [-0.25, -0.2) is 4.98 Å². The molecule has 114 valence electrons. The van der Waals surface area contributed by atoms with E-state index in [1.54, 1.807) is 10.6 Å². The van der Waals surface area contributed by atoms with Crippen LogP contribution in [0.5, 0.6) is 5.88 Å². The first-order valence-corrected chi connectivity index (χ1v) is 7.67. The van der Waals surface area contributed by atoms with Gasteiger partial charge in [0.25, 0.3) is 0 Å².